The average molecular weight is 291 g/mol. The molecular formula is C16H12Cl2O. The molecule has 19 heavy (non-hydrogen) atoms. The van der Waals surface area contributed by atoms with Gasteiger partial charge in [0.15, 0.2) is 5.78 Å². The first-order valence-corrected chi connectivity index (χ1v) is 6.96. The Balaban J connectivity index is 1.78. The van der Waals surface area contributed by atoms with E-state index in [0.29, 0.717) is 5.02 Å². The molecule has 0 amide bonds. The number of halogens is 2. The predicted molar refractivity (Wildman–Crippen MR) is 78.1 cm³/mol. The van der Waals surface area contributed by atoms with Crippen LogP contribution < -0.4 is 0 Å². The van der Waals surface area contributed by atoms with Crippen molar-refractivity contribution in [2.24, 2.45) is 5.92 Å². The second-order valence-corrected chi connectivity index (χ2v) is 5.68. The Labute approximate surface area is 122 Å². The number of carbonyl (C=O) groups is 1. The first-order valence-electron chi connectivity index (χ1n) is 6.21. The molecule has 0 N–H and O–H groups in total. The molecule has 0 heterocycles. The molecule has 0 aromatic heterocycles. The van der Waals surface area contributed by atoms with Gasteiger partial charge in [-0.1, -0.05) is 41.4 Å². The Morgan fingerprint density at radius 2 is 1.68 bits per heavy atom. The predicted octanol–water partition coefficient (Wildman–Crippen LogP) is 4.98. The molecule has 2 atom stereocenters. The van der Waals surface area contributed by atoms with Crippen LogP contribution in [0.5, 0.6) is 0 Å². The van der Waals surface area contributed by atoms with E-state index in [-0.39, 0.29) is 17.6 Å². The second-order valence-electron chi connectivity index (χ2n) is 4.84. The van der Waals surface area contributed by atoms with E-state index in [1.165, 1.54) is 0 Å². The lowest BCUT2D eigenvalue weighted by Gasteiger charge is -2.03. The highest BCUT2D eigenvalue weighted by Gasteiger charge is 2.44. The lowest BCUT2D eigenvalue weighted by molar-refractivity contribution is 0.0965. The summed E-state index contributed by atoms with van der Waals surface area (Å²) in [4.78, 5) is 12.3. The minimum atomic E-state index is 0.0566. The van der Waals surface area contributed by atoms with Crippen molar-refractivity contribution in [3.8, 4) is 0 Å². The minimum Gasteiger partial charge on any atom is -0.294 e. The Bertz CT molecular complexity index is 619. The van der Waals surface area contributed by atoms with Crippen LogP contribution in [0.2, 0.25) is 10.0 Å². The van der Waals surface area contributed by atoms with Gasteiger partial charge in [-0.05, 0) is 48.2 Å². The summed E-state index contributed by atoms with van der Waals surface area (Å²) < 4.78 is 0. The van der Waals surface area contributed by atoms with Gasteiger partial charge in [0.25, 0.3) is 0 Å². The van der Waals surface area contributed by atoms with Gasteiger partial charge in [-0.25, -0.2) is 0 Å². The second kappa shape index (κ2) is 4.99. The van der Waals surface area contributed by atoms with E-state index >= 15 is 0 Å². The van der Waals surface area contributed by atoms with E-state index in [9.17, 15) is 4.79 Å². The molecule has 1 aliphatic rings. The number of Topliss-reactive ketones (excluding diaryl/α,β-unsaturated/α-hetero) is 1. The summed E-state index contributed by atoms with van der Waals surface area (Å²) in [5, 5.41) is 1.40. The van der Waals surface area contributed by atoms with Crippen LogP contribution in [-0.4, -0.2) is 5.78 Å². The highest BCUT2D eigenvalue weighted by Crippen LogP contribution is 2.51. The average Bonchev–Trinajstić information content (AvgIpc) is 3.19. The molecule has 1 saturated carbocycles. The zero-order chi connectivity index (χ0) is 13.4. The highest BCUT2D eigenvalue weighted by atomic mass is 35.5. The van der Waals surface area contributed by atoms with Crippen LogP contribution in [0.15, 0.2) is 48.5 Å². The van der Waals surface area contributed by atoms with Crippen molar-refractivity contribution < 1.29 is 4.79 Å². The molecule has 0 bridgehead atoms. The van der Waals surface area contributed by atoms with Gasteiger partial charge in [-0.2, -0.15) is 0 Å². The number of ketones is 1. The molecule has 96 valence electrons. The maximum Gasteiger partial charge on any atom is 0.166 e. The molecule has 1 nitrogen and oxygen atoms in total. The molecule has 0 saturated heterocycles. The van der Waals surface area contributed by atoms with Crippen molar-refractivity contribution in [2.45, 2.75) is 12.3 Å². The number of rotatable bonds is 3. The van der Waals surface area contributed by atoms with Gasteiger partial charge in [-0.15, -0.1) is 0 Å². The van der Waals surface area contributed by atoms with Crippen LogP contribution in [0.1, 0.15) is 28.3 Å². The molecule has 2 aromatic carbocycles. The SMILES string of the molecule is O=C(c1ccc(Cl)cc1)C1CC1c1ccccc1Cl. The normalized spacial score (nSPS) is 21.2. The summed E-state index contributed by atoms with van der Waals surface area (Å²) >= 11 is 12.0. The van der Waals surface area contributed by atoms with Gasteiger partial charge in [-0.3, -0.25) is 4.79 Å². The van der Waals surface area contributed by atoms with E-state index < -0.39 is 0 Å². The van der Waals surface area contributed by atoms with Crippen LogP contribution in [0, 0.1) is 5.92 Å². The fraction of sp³-hybridized carbons (Fsp3) is 0.188. The zero-order valence-corrected chi connectivity index (χ0v) is 11.7. The van der Waals surface area contributed by atoms with Crippen molar-refractivity contribution in [3.63, 3.8) is 0 Å². The summed E-state index contributed by atoms with van der Waals surface area (Å²) in [6.07, 6.45) is 0.880. The maximum atomic E-state index is 12.3. The van der Waals surface area contributed by atoms with Gasteiger partial charge in [0, 0.05) is 21.5 Å². The molecular weight excluding hydrogens is 279 g/mol. The molecule has 0 aliphatic heterocycles. The fourth-order valence-electron chi connectivity index (χ4n) is 2.43. The Hall–Kier alpha value is -1.31. The van der Waals surface area contributed by atoms with E-state index in [0.717, 1.165) is 22.6 Å². The van der Waals surface area contributed by atoms with Crippen molar-refractivity contribution in [1.29, 1.82) is 0 Å². The smallest absolute Gasteiger partial charge is 0.166 e. The monoisotopic (exact) mass is 290 g/mol. The molecule has 3 heteroatoms. The minimum absolute atomic E-state index is 0.0566. The van der Waals surface area contributed by atoms with Crippen LogP contribution in [0.3, 0.4) is 0 Å². The van der Waals surface area contributed by atoms with E-state index in [4.69, 9.17) is 23.2 Å². The summed E-state index contributed by atoms with van der Waals surface area (Å²) in [6.45, 7) is 0. The molecule has 1 aliphatic carbocycles. The topological polar surface area (TPSA) is 17.1 Å². The molecule has 2 unspecified atom stereocenters. The standard InChI is InChI=1S/C16H12Cl2O/c17-11-7-5-10(6-8-11)16(19)14-9-13(14)12-3-1-2-4-15(12)18/h1-8,13-14H,9H2. The van der Waals surface area contributed by atoms with Crippen LogP contribution >= 0.6 is 23.2 Å². The zero-order valence-electron chi connectivity index (χ0n) is 10.1. The maximum absolute atomic E-state index is 12.3. The molecule has 0 radical (unpaired) electrons. The first-order chi connectivity index (χ1) is 9.16. The van der Waals surface area contributed by atoms with Gasteiger partial charge >= 0.3 is 0 Å². The van der Waals surface area contributed by atoms with Crippen molar-refractivity contribution >= 4 is 29.0 Å². The molecule has 3 rings (SSSR count). The third-order valence-corrected chi connectivity index (χ3v) is 4.16. The molecule has 2 aromatic rings. The quantitative estimate of drug-likeness (QED) is 0.729. The van der Waals surface area contributed by atoms with Crippen molar-refractivity contribution in [1.82, 2.24) is 0 Å². The van der Waals surface area contributed by atoms with Crippen molar-refractivity contribution in [3.05, 3.63) is 69.7 Å². The van der Waals surface area contributed by atoms with Gasteiger partial charge < -0.3 is 0 Å². The molecule has 1 fully saturated rings. The summed E-state index contributed by atoms with van der Waals surface area (Å²) in [6, 6.07) is 14.8. The highest BCUT2D eigenvalue weighted by molar-refractivity contribution is 6.31. The van der Waals surface area contributed by atoms with Crippen LogP contribution in [-0.2, 0) is 0 Å². The summed E-state index contributed by atoms with van der Waals surface area (Å²) in [5.41, 5.74) is 1.81. The van der Waals surface area contributed by atoms with Crippen molar-refractivity contribution in [2.75, 3.05) is 0 Å². The summed E-state index contributed by atoms with van der Waals surface area (Å²) in [7, 11) is 0. The number of hydrogen-bond donors (Lipinski definition) is 0. The van der Waals surface area contributed by atoms with Gasteiger partial charge in [0.1, 0.15) is 0 Å². The van der Waals surface area contributed by atoms with E-state index in [1.54, 1.807) is 24.3 Å². The Morgan fingerprint density at radius 1 is 1.00 bits per heavy atom. The fourth-order valence-corrected chi connectivity index (χ4v) is 2.83. The van der Waals surface area contributed by atoms with Gasteiger partial charge in [0.2, 0.25) is 0 Å². The van der Waals surface area contributed by atoms with E-state index in [1.807, 2.05) is 24.3 Å². The molecule has 0 spiro atoms. The third-order valence-electron chi connectivity index (χ3n) is 3.56. The number of benzene rings is 2. The number of hydrogen-bond acceptors (Lipinski definition) is 1. The van der Waals surface area contributed by atoms with Crippen LogP contribution in [0.4, 0.5) is 0 Å². The Kier molecular flexibility index (Phi) is 3.34. The lowest BCUT2D eigenvalue weighted by Crippen LogP contribution is -2.03. The van der Waals surface area contributed by atoms with Crippen LogP contribution in [0.25, 0.3) is 0 Å². The lowest BCUT2D eigenvalue weighted by atomic mass is 10.0. The third kappa shape index (κ3) is 2.54. The number of carbonyl (C=O) groups excluding carboxylic acids is 1. The Morgan fingerprint density at radius 3 is 2.37 bits per heavy atom. The first kappa shape index (κ1) is 12.7. The van der Waals surface area contributed by atoms with E-state index in [2.05, 4.69) is 0 Å². The largest absolute Gasteiger partial charge is 0.294 e. The van der Waals surface area contributed by atoms with Gasteiger partial charge in [0.05, 0.1) is 0 Å². The summed E-state index contributed by atoms with van der Waals surface area (Å²) in [5.74, 6) is 0.500.